The highest BCUT2D eigenvalue weighted by Gasteiger charge is 2.18. The first-order valence-electron chi connectivity index (χ1n) is 8.51. The molecular formula is C19H21N3O3. The molecule has 130 valence electrons. The van der Waals surface area contributed by atoms with E-state index in [2.05, 4.69) is 16.3 Å². The summed E-state index contributed by atoms with van der Waals surface area (Å²) in [5.74, 6) is 1.00. The Balaban J connectivity index is 1.49. The molecule has 1 saturated heterocycles. The van der Waals surface area contributed by atoms with Gasteiger partial charge in [-0.25, -0.2) is 0 Å². The molecule has 0 unspecified atom stereocenters. The lowest BCUT2D eigenvalue weighted by Gasteiger charge is -2.15. The van der Waals surface area contributed by atoms with Gasteiger partial charge in [0.25, 0.3) is 5.91 Å². The quantitative estimate of drug-likeness (QED) is 0.838. The van der Waals surface area contributed by atoms with Gasteiger partial charge in [0.2, 0.25) is 6.79 Å². The predicted molar refractivity (Wildman–Crippen MR) is 95.9 cm³/mol. The molecule has 6 heteroatoms. The van der Waals surface area contributed by atoms with Crippen molar-refractivity contribution < 1.29 is 14.3 Å². The number of fused-ring (bicyclic) bond motifs is 1. The van der Waals surface area contributed by atoms with E-state index in [1.165, 1.54) is 12.8 Å². The molecule has 1 fully saturated rings. The number of nitrogens with one attached hydrogen (secondary N) is 1. The van der Waals surface area contributed by atoms with Crippen molar-refractivity contribution in [2.75, 3.05) is 30.9 Å². The fourth-order valence-corrected chi connectivity index (χ4v) is 3.27. The molecule has 4 rings (SSSR count). The van der Waals surface area contributed by atoms with Crippen LogP contribution in [0.5, 0.6) is 11.5 Å². The zero-order valence-corrected chi connectivity index (χ0v) is 14.0. The Bertz CT molecular complexity index is 800. The molecule has 0 bridgehead atoms. The number of nitrogens with two attached hydrogens (primary N) is 1. The molecule has 6 nitrogen and oxygen atoms in total. The van der Waals surface area contributed by atoms with Crippen molar-refractivity contribution in [3.05, 3.63) is 47.5 Å². The van der Waals surface area contributed by atoms with Gasteiger partial charge in [0.05, 0.1) is 11.4 Å². The van der Waals surface area contributed by atoms with Crippen molar-refractivity contribution in [3.63, 3.8) is 0 Å². The van der Waals surface area contributed by atoms with Crippen LogP contribution in [-0.4, -0.2) is 30.7 Å². The fraction of sp³-hybridized carbons (Fsp3) is 0.316. The molecule has 2 aliphatic rings. The molecule has 25 heavy (non-hydrogen) atoms. The van der Waals surface area contributed by atoms with Crippen LogP contribution in [0, 0.1) is 0 Å². The van der Waals surface area contributed by atoms with E-state index in [1.54, 1.807) is 12.1 Å². The highest BCUT2D eigenvalue weighted by atomic mass is 16.7. The van der Waals surface area contributed by atoms with Crippen molar-refractivity contribution >= 4 is 17.3 Å². The number of carbonyl (C=O) groups excluding carboxylic acids is 1. The minimum Gasteiger partial charge on any atom is -0.454 e. The number of hydrogen-bond donors (Lipinski definition) is 2. The van der Waals surface area contributed by atoms with E-state index in [0.29, 0.717) is 28.4 Å². The van der Waals surface area contributed by atoms with Gasteiger partial charge in [0.15, 0.2) is 11.5 Å². The number of rotatable bonds is 4. The second-order valence-electron chi connectivity index (χ2n) is 6.43. The Morgan fingerprint density at radius 2 is 1.88 bits per heavy atom. The molecule has 1 amide bonds. The van der Waals surface area contributed by atoms with E-state index in [-0.39, 0.29) is 12.7 Å². The van der Waals surface area contributed by atoms with Crippen LogP contribution in [0.25, 0.3) is 0 Å². The monoisotopic (exact) mass is 339 g/mol. The Labute approximate surface area is 146 Å². The van der Waals surface area contributed by atoms with Crippen molar-refractivity contribution in [2.24, 2.45) is 0 Å². The number of likely N-dealkylation sites (tertiary alicyclic amines) is 1. The fourth-order valence-electron chi connectivity index (χ4n) is 3.27. The molecular weight excluding hydrogens is 318 g/mol. The summed E-state index contributed by atoms with van der Waals surface area (Å²) in [6, 6.07) is 11.1. The van der Waals surface area contributed by atoms with E-state index < -0.39 is 0 Å². The van der Waals surface area contributed by atoms with Crippen LogP contribution in [0.3, 0.4) is 0 Å². The number of carbonyl (C=O) groups is 1. The van der Waals surface area contributed by atoms with Gasteiger partial charge < -0.3 is 20.5 Å². The molecule has 2 aromatic carbocycles. The van der Waals surface area contributed by atoms with E-state index >= 15 is 0 Å². The minimum atomic E-state index is -0.186. The SMILES string of the molecule is Nc1cc2c(cc1NC(=O)c1cccc(CN3CCCC3)c1)OCO2. The van der Waals surface area contributed by atoms with Gasteiger partial charge in [-0.05, 0) is 43.6 Å². The lowest BCUT2D eigenvalue weighted by Crippen LogP contribution is -2.19. The summed E-state index contributed by atoms with van der Waals surface area (Å²) in [7, 11) is 0. The van der Waals surface area contributed by atoms with Crippen molar-refractivity contribution in [1.29, 1.82) is 0 Å². The molecule has 2 aliphatic heterocycles. The Morgan fingerprint density at radius 3 is 2.68 bits per heavy atom. The summed E-state index contributed by atoms with van der Waals surface area (Å²) in [5.41, 5.74) is 8.74. The van der Waals surface area contributed by atoms with Gasteiger partial charge in [-0.15, -0.1) is 0 Å². The molecule has 2 aromatic rings. The Hall–Kier alpha value is -2.73. The smallest absolute Gasteiger partial charge is 0.255 e. The molecule has 3 N–H and O–H groups in total. The highest BCUT2D eigenvalue weighted by Crippen LogP contribution is 2.38. The predicted octanol–water partition coefficient (Wildman–Crippen LogP) is 2.85. The summed E-state index contributed by atoms with van der Waals surface area (Å²) < 4.78 is 10.6. The third-order valence-electron chi connectivity index (χ3n) is 4.59. The molecule has 0 aliphatic carbocycles. The van der Waals surface area contributed by atoms with E-state index in [9.17, 15) is 4.79 Å². The van der Waals surface area contributed by atoms with Crippen molar-refractivity contribution in [3.8, 4) is 11.5 Å². The second-order valence-corrected chi connectivity index (χ2v) is 6.43. The van der Waals surface area contributed by atoms with Crippen LogP contribution in [0.1, 0.15) is 28.8 Å². The first-order chi connectivity index (χ1) is 12.2. The van der Waals surface area contributed by atoms with Crippen LogP contribution in [0.4, 0.5) is 11.4 Å². The molecule has 0 spiro atoms. The van der Waals surface area contributed by atoms with E-state index in [1.807, 2.05) is 18.2 Å². The highest BCUT2D eigenvalue weighted by molar-refractivity contribution is 6.06. The van der Waals surface area contributed by atoms with Gasteiger partial charge in [-0.1, -0.05) is 12.1 Å². The van der Waals surface area contributed by atoms with Gasteiger partial charge >= 0.3 is 0 Å². The van der Waals surface area contributed by atoms with E-state index in [4.69, 9.17) is 15.2 Å². The average Bonchev–Trinajstić information content (AvgIpc) is 3.27. The van der Waals surface area contributed by atoms with Gasteiger partial charge in [-0.2, -0.15) is 0 Å². The minimum absolute atomic E-state index is 0.171. The normalized spacial score (nSPS) is 16.2. The Kier molecular flexibility index (Phi) is 4.19. The number of nitrogen functional groups attached to an aromatic ring is 1. The average molecular weight is 339 g/mol. The van der Waals surface area contributed by atoms with Crippen LogP contribution >= 0.6 is 0 Å². The second kappa shape index (κ2) is 6.64. The summed E-state index contributed by atoms with van der Waals surface area (Å²) in [5, 5.41) is 2.86. The first-order valence-corrected chi connectivity index (χ1v) is 8.51. The maximum Gasteiger partial charge on any atom is 0.255 e. The molecule has 2 heterocycles. The third kappa shape index (κ3) is 3.39. The number of anilines is 2. The largest absolute Gasteiger partial charge is 0.454 e. The van der Waals surface area contributed by atoms with Crippen LogP contribution < -0.4 is 20.5 Å². The number of ether oxygens (including phenoxy) is 2. The number of benzene rings is 2. The zero-order valence-electron chi connectivity index (χ0n) is 14.0. The number of amides is 1. The van der Waals surface area contributed by atoms with Gasteiger partial charge in [-0.3, -0.25) is 9.69 Å². The summed E-state index contributed by atoms with van der Waals surface area (Å²) in [6.45, 7) is 3.31. The summed E-state index contributed by atoms with van der Waals surface area (Å²) in [6.07, 6.45) is 2.51. The number of nitrogens with zero attached hydrogens (tertiary/aromatic N) is 1. The molecule has 0 aromatic heterocycles. The first kappa shape index (κ1) is 15.8. The van der Waals surface area contributed by atoms with Crippen molar-refractivity contribution in [1.82, 2.24) is 4.90 Å². The molecule has 0 saturated carbocycles. The standard InChI is InChI=1S/C19H21N3O3/c20-15-9-17-18(25-12-24-17)10-16(15)21-19(23)14-5-3-4-13(8-14)11-22-6-1-2-7-22/h3-5,8-10H,1-2,6-7,11-12,20H2,(H,21,23). The van der Waals surface area contributed by atoms with E-state index in [0.717, 1.165) is 25.2 Å². The lowest BCUT2D eigenvalue weighted by molar-refractivity contribution is 0.102. The van der Waals surface area contributed by atoms with Gasteiger partial charge in [0.1, 0.15) is 0 Å². The Morgan fingerprint density at radius 1 is 1.12 bits per heavy atom. The summed E-state index contributed by atoms with van der Waals surface area (Å²) in [4.78, 5) is 15.0. The number of hydrogen-bond acceptors (Lipinski definition) is 5. The summed E-state index contributed by atoms with van der Waals surface area (Å²) >= 11 is 0. The van der Waals surface area contributed by atoms with Crippen LogP contribution in [0.2, 0.25) is 0 Å². The topological polar surface area (TPSA) is 76.8 Å². The van der Waals surface area contributed by atoms with Crippen LogP contribution in [0.15, 0.2) is 36.4 Å². The van der Waals surface area contributed by atoms with Crippen molar-refractivity contribution in [2.45, 2.75) is 19.4 Å². The maximum absolute atomic E-state index is 12.6. The van der Waals surface area contributed by atoms with Gasteiger partial charge in [0, 0.05) is 24.2 Å². The zero-order chi connectivity index (χ0) is 17.2. The molecule has 0 atom stereocenters. The maximum atomic E-state index is 12.6. The third-order valence-corrected chi connectivity index (χ3v) is 4.59. The van der Waals surface area contributed by atoms with Crippen LogP contribution in [-0.2, 0) is 6.54 Å². The lowest BCUT2D eigenvalue weighted by atomic mass is 10.1. The molecule has 0 radical (unpaired) electrons.